The molecule has 0 aromatic rings. The van der Waals surface area contributed by atoms with Gasteiger partial charge in [0, 0.05) is 44.1 Å². The maximum atomic E-state index is 5.89. The molecular formula is C15H28N5O+. The molecule has 2 fully saturated rings. The Morgan fingerprint density at radius 3 is 2.67 bits per heavy atom. The predicted molar refractivity (Wildman–Crippen MR) is 81.0 cm³/mol. The predicted octanol–water partition coefficient (Wildman–Crippen LogP) is 2.00. The molecule has 1 unspecified atom stereocenters. The Morgan fingerprint density at radius 2 is 2.00 bits per heavy atom. The first-order chi connectivity index (χ1) is 10.3. The Bertz CT molecular complexity index is 399. The molecule has 1 atom stereocenters. The van der Waals surface area contributed by atoms with Crippen LogP contribution in [0.1, 0.15) is 38.5 Å². The third-order valence-electron chi connectivity index (χ3n) is 4.98. The Kier molecular flexibility index (Phi) is 4.87. The van der Waals surface area contributed by atoms with E-state index in [1.165, 1.54) is 32.1 Å². The van der Waals surface area contributed by atoms with Gasteiger partial charge in [0.25, 0.3) is 0 Å². The largest absolute Gasteiger partial charge is 0.379 e. The van der Waals surface area contributed by atoms with E-state index in [9.17, 15) is 0 Å². The van der Waals surface area contributed by atoms with Crippen LogP contribution in [-0.2, 0) is 4.74 Å². The lowest BCUT2D eigenvalue weighted by molar-refractivity contribution is -0.913. The van der Waals surface area contributed by atoms with Gasteiger partial charge in [0.2, 0.25) is 5.82 Å². The first kappa shape index (κ1) is 14.9. The van der Waals surface area contributed by atoms with Gasteiger partial charge in [0.15, 0.2) is 6.20 Å². The minimum absolute atomic E-state index is 0.577. The van der Waals surface area contributed by atoms with Gasteiger partial charge in [-0.05, 0) is 12.8 Å². The third kappa shape index (κ3) is 3.62. The number of ether oxygens (including phenoxy) is 1. The van der Waals surface area contributed by atoms with Crippen molar-refractivity contribution in [2.24, 2.45) is 16.1 Å². The number of hydrogen-bond acceptors (Lipinski definition) is 5. The Morgan fingerprint density at radius 1 is 1.24 bits per heavy atom. The molecule has 0 aromatic heterocycles. The van der Waals surface area contributed by atoms with Crippen LogP contribution in [0.15, 0.2) is 22.4 Å². The molecule has 6 heteroatoms. The number of rotatable bonds is 5. The number of quaternary nitrogens is 1. The average molecular weight is 294 g/mol. The molecule has 6 nitrogen and oxygen atoms in total. The molecule has 0 bridgehead atoms. The van der Waals surface area contributed by atoms with E-state index in [1.54, 1.807) is 0 Å². The molecule has 0 aromatic carbocycles. The lowest BCUT2D eigenvalue weighted by Crippen LogP contribution is -2.48. The van der Waals surface area contributed by atoms with E-state index in [-0.39, 0.29) is 0 Å². The Balaban J connectivity index is 1.56. The van der Waals surface area contributed by atoms with Gasteiger partial charge >= 0.3 is 0 Å². The minimum Gasteiger partial charge on any atom is -0.379 e. The van der Waals surface area contributed by atoms with Crippen LogP contribution in [0.25, 0.3) is 0 Å². The summed E-state index contributed by atoms with van der Waals surface area (Å²) in [5.41, 5.74) is 5.89. The maximum absolute atomic E-state index is 5.89. The molecule has 3 rings (SSSR count). The molecule has 1 saturated heterocycles. The van der Waals surface area contributed by atoms with Crippen molar-refractivity contribution >= 4 is 0 Å². The molecular weight excluding hydrogens is 266 g/mol. The van der Waals surface area contributed by atoms with Crippen molar-refractivity contribution in [2.75, 3.05) is 39.4 Å². The molecule has 21 heavy (non-hydrogen) atoms. The van der Waals surface area contributed by atoms with Crippen LogP contribution in [0.4, 0.5) is 0 Å². The summed E-state index contributed by atoms with van der Waals surface area (Å²) in [6.45, 7) is 6.00. The highest BCUT2D eigenvalue weighted by molar-refractivity contribution is 4.91. The second-order valence-electron chi connectivity index (χ2n) is 6.45. The highest BCUT2D eigenvalue weighted by atomic mass is 16.5. The highest BCUT2D eigenvalue weighted by Crippen LogP contribution is 2.33. The molecule has 1 aliphatic carbocycles. The summed E-state index contributed by atoms with van der Waals surface area (Å²) in [7, 11) is 0. The van der Waals surface area contributed by atoms with Crippen molar-refractivity contribution in [3.8, 4) is 0 Å². The minimum atomic E-state index is 0.577. The number of hydrogen-bond donors (Lipinski definition) is 1. The summed E-state index contributed by atoms with van der Waals surface area (Å²) in [4.78, 5) is 2.49. The van der Waals surface area contributed by atoms with Gasteiger partial charge in [-0.3, -0.25) is 4.90 Å². The molecule has 1 saturated carbocycles. The molecule has 2 aliphatic heterocycles. The van der Waals surface area contributed by atoms with Crippen LogP contribution in [0.3, 0.4) is 0 Å². The van der Waals surface area contributed by atoms with Crippen molar-refractivity contribution in [1.82, 2.24) is 4.90 Å². The lowest BCUT2D eigenvalue weighted by Gasteiger charge is -2.35. The van der Waals surface area contributed by atoms with Gasteiger partial charge < -0.3 is 10.5 Å². The van der Waals surface area contributed by atoms with E-state index in [0.29, 0.717) is 16.5 Å². The van der Waals surface area contributed by atoms with Crippen molar-refractivity contribution in [2.45, 2.75) is 44.6 Å². The smallest absolute Gasteiger partial charge is 0.207 e. The summed E-state index contributed by atoms with van der Waals surface area (Å²) in [5, 5.41) is 8.69. The quantitative estimate of drug-likeness (QED) is 0.789. The van der Waals surface area contributed by atoms with Crippen molar-refractivity contribution in [3.63, 3.8) is 0 Å². The summed E-state index contributed by atoms with van der Waals surface area (Å²) < 4.78 is 6.05. The molecule has 118 valence electrons. The molecule has 2 N–H and O–H groups in total. The van der Waals surface area contributed by atoms with E-state index in [0.717, 1.165) is 45.8 Å². The van der Waals surface area contributed by atoms with Crippen molar-refractivity contribution in [3.05, 3.63) is 12.0 Å². The van der Waals surface area contributed by atoms with Gasteiger partial charge in [-0.15, -0.1) is 4.59 Å². The fourth-order valence-corrected chi connectivity index (χ4v) is 3.79. The SMILES string of the molecule is NC1=C[N+](CCCN2CCOCC2)(C2CCCCC2)N=N1. The van der Waals surface area contributed by atoms with E-state index in [2.05, 4.69) is 21.4 Å². The fourth-order valence-electron chi connectivity index (χ4n) is 3.79. The van der Waals surface area contributed by atoms with Crippen LogP contribution in [0.2, 0.25) is 0 Å². The van der Waals surface area contributed by atoms with Crippen molar-refractivity contribution < 1.29 is 9.33 Å². The van der Waals surface area contributed by atoms with Gasteiger partial charge in [0.05, 0.1) is 13.2 Å². The van der Waals surface area contributed by atoms with Gasteiger partial charge in [-0.2, -0.15) is 0 Å². The molecule has 0 spiro atoms. The first-order valence-corrected chi connectivity index (χ1v) is 8.38. The molecule has 0 amide bonds. The topological polar surface area (TPSA) is 63.2 Å². The van der Waals surface area contributed by atoms with Crippen LogP contribution in [-0.4, -0.2) is 54.9 Å². The zero-order valence-electron chi connectivity index (χ0n) is 12.9. The Labute approximate surface area is 127 Å². The maximum Gasteiger partial charge on any atom is 0.207 e. The van der Waals surface area contributed by atoms with Crippen molar-refractivity contribution in [1.29, 1.82) is 0 Å². The van der Waals surface area contributed by atoms with Crippen LogP contribution in [0, 0.1) is 0 Å². The van der Waals surface area contributed by atoms with E-state index in [1.807, 2.05) is 0 Å². The first-order valence-electron chi connectivity index (χ1n) is 8.38. The molecule has 3 aliphatic rings. The summed E-state index contributed by atoms with van der Waals surface area (Å²) in [6, 6.07) is 0.577. The van der Waals surface area contributed by atoms with Crippen LogP contribution >= 0.6 is 0 Å². The van der Waals surface area contributed by atoms with Gasteiger partial charge in [0.1, 0.15) is 12.6 Å². The molecule has 2 heterocycles. The standard InChI is InChI=1S/C15H28N5O/c16-15-13-20(18-17-15,14-5-2-1-3-6-14)10-4-7-19-8-11-21-12-9-19/h13-14H,1-12,16H2/q+1. The number of nitrogens with zero attached hydrogens (tertiary/aromatic N) is 4. The third-order valence-corrected chi connectivity index (χ3v) is 4.98. The van der Waals surface area contributed by atoms with Gasteiger partial charge in [-0.1, -0.05) is 11.5 Å². The summed E-state index contributed by atoms with van der Waals surface area (Å²) in [5.74, 6) is 0.590. The number of morpholine rings is 1. The summed E-state index contributed by atoms with van der Waals surface area (Å²) in [6.07, 6.45) is 9.71. The average Bonchev–Trinajstić information content (AvgIpc) is 2.92. The van der Waals surface area contributed by atoms with Crippen LogP contribution in [0.5, 0.6) is 0 Å². The lowest BCUT2D eigenvalue weighted by atomic mass is 9.93. The number of nitrogens with two attached hydrogens (primary N) is 1. The second kappa shape index (κ2) is 6.85. The van der Waals surface area contributed by atoms with E-state index < -0.39 is 0 Å². The zero-order valence-corrected chi connectivity index (χ0v) is 12.9. The van der Waals surface area contributed by atoms with E-state index in [4.69, 9.17) is 10.5 Å². The van der Waals surface area contributed by atoms with E-state index >= 15 is 0 Å². The zero-order chi connectivity index (χ0) is 14.5. The second-order valence-corrected chi connectivity index (χ2v) is 6.45. The molecule has 0 radical (unpaired) electrons. The monoisotopic (exact) mass is 294 g/mol. The highest BCUT2D eigenvalue weighted by Gasteiger charge is 2.40. The van der Waals surface area contributed by atoms with Gasteiger partial charge in [-0.25, -0.2) is 0 Å². The van der Waals surface area contributed by atoms with Crippen LogP contribution < -0.4 is 5.73 Å². The summed E-state index contributed by atoms with van der Waals surface area (Å²) >= 11 is 0. The fraction of sp³-hybridized carbons (Fsp3) is 0.867. The normalized spacial score (nSPS) is 31.5. The Hall–Kier alpha value is -0.980.